The molecule has 1 saturated heterocycles. The summed E-state index contributed by atoms with van der Waals surface area (Å²) in [7, 11) is 0. The van der Waals surface area contributed by atoms with Gasteiger partial charge >= 0.3 is 0 Å². The lowest BCUT2D eigenvalue weighted by atomic mass is 10.0. The molecule has 2 aromatic rings. The van der Waals surface area contributed by atoms with E-state index in [4.69, 9.17) is 15.2 Å². The van der Waals surface area contributed by atoms with Crippen LogP contribution in [0.3, 0.4) is 0 Å². The van der Waals surface area contributed by atoms with Crippen molar-refractivity contribution < 1.29 is 9.47 Å². The van der Waals surface area contributed by atoms with Gasteiger partial charge in [-0.1, -0.05) is 0 Å². The van der Waals surface area contributed by atoms with Crippen LogP contribution in [0.25, 0.3) is 11.0 Å². The highest BCUT2D eigenvalue weighted by molar-refractivity contribution is 5.82. The number of nitrogen functional groups attached to an aromatic ring is 1. The van der Waals surface area contributed by atoms with E-state index in [0.29, 0.717) is 0 Å². The molecule has 0 aliphatic carbocycles. The van der Waals surface area contributed by atoms with E-state index in [1.54, 1.807) is 0 Å². The van der Waals surface area contributed by atoms with Gasteiger partial charge in [0.25, 0.3) is 0 Å². The van der Waals surface area contributed by atoms with Crippen LogP contribution in [0.1, 0.15) is 17.5 Å². The molecule has 1 aromatic heterocycles. The fourth-order valence-corrected chi connectivity index (χ4v) is 3.36. The fourth-order valence-electron chi connectivity index (χ4n) is 3.36. The van der Waals surface area contributed by atoms with E-state index >= 15 is 0 Å². The first-order chi connectivity index (χ1) is 11.3. The van der Waals surface area contributed by atoms with Crippen LogP contribution in [-0.4, -0.2) is 59.5 Å². The van der Waals surface area contributed by atoms with E-state index < -0.39 is 0 Å². The normalized spacial score (nSPS) is 18.1. The average molecular weight is 315 g/mol. The summed E-state index contributed by atoms with van der Waals surface area (Å²) in [4.78, 5) is 6.85. The van der Waals surface area contributed by atoms with Gasteiger partial charge in [-0.25, -0.2) is 4.98 Å². The SMILES string of the molecule is Nc1nnc2cc3c(c(CCCN4CCOCC4)c2n1)OCC3. The molecule has 0 spiro atoms. The topological polar surface area (TPSA) is 86.4 Å². The van der Waals surface area contributed by atoms with Crippen LogP contribution in [0.5, 0.6) is 5.75 Å². The second-order valence-corrected chi connectivity index (χ2v) is 6.04. The number of anilines is 1. The molecule has 2 aliphatic heterocycles. The molecule has 0 unspecified atom stereocenters. The van der Waals surface area contributed by atoms with Crippen molar-refractivity contribution in [2.45, 2.75) is 19.3 Å². The van der Waals surface area contributed by atoms with Crippen LogP contribution in [0.2, 0.25) is 0 Å². The number of nitrogens with zero attached hydrogens (tertiary/aromatic N) is 4. The predicted octanol–water partition coefficient (Wildman–Crippen LogP) is 0.807. The molecule has 1 fully saturated rings. The number of ether oxygens (including phenoxy) is 2. The quantitative estimate of drug-likeness (QED) is 0.893. The molecule has 0 radical (unpaired) electrons. The van der Waals surface area contributed by atoms with E-state index in [2.05, 4.69) is 20.1 Å². The Labute approximate surface area is 134 Å². The third-order valence-corrected chi connectivity index (χ3v) is 4.51. The highest BCUT2D eigenvalue weighted by atomic mass is 16.5. The van der Waals surface area contributed by atoms with Gasteiger partial charge in [0.1, 0.15) is 16.8 Å². The maximum Gasteiger partial charge on any atom is 0.240 e. The van der Waals surface area contributed by atoms with Gasteiger partial charge in [0.05, 0.1) is 19.8 Å². The van der Waals surface area contributed by atoms with Crippen LogP contribution >= 0.6 is 0 Å². The molecule has 1 aromatic carbocycles. The van der Waals surface area contributed by atoms with Crippen LogP contribution in [0.4, 0.5) is 5.95 Å². The predicted molar refractivity (Wildman–Crippen MR) is 86.5 cm³/mol. The number of morpholine rings is 1. The molecular weight excluding hydrogens is 294 g/mol. The van der Waals surface area contributed by atoms with Crippen LogP contribution in [-0.2, 0) is 17.6 Å². The third-order valence-electron chi connectivity index (χ3n) is 4.51. The summed E-state index contributed by atoms with van der Waals surface area (Å²) in [5, 5.41) is 8.08. The van der Waals surface area contributed by atoms with Crippen molar-refractivity contribution in [3.05, 3.63) is 17.2 Å². The van der Waals surface area contributed by atoms with Crippen molar-refractivity contribution in [1.82, 2.24) is 20.1 Å². The molecule has 23 heavy (non-hydrogen) atoms. The molecule has 0 amide bonds. The Morgan fingerprint density at radius 2 is 2.04 bits per heavy atom. The Morgan fingerprint density at radius 3 is 2.91 bits per heavy atom. The van der Waals surface area contributed by atoms with Crippen molar-refractivity contribution in [3.63, 3.8) is 0 Å². The molecular formula is C16H21N5O2. The van der Waals surface area contributed by atoms with Crippen LogP contribution < -0.4 is 10.5 Å². The minimum Gasteiger partial charge on any atom is -0.493 e. The lowest BCUT2D eigenvalue weighted by Crippen LogP contribution is -2.36. The second kappa shape index (κ2) is 6.25. The van der Waals surface area contributed by atoms with Gasteiger partial charge in [0, 0.05) is 30.6 Å². The van der Waals surface area contributed by atoms with Gasteiger partial charge in [0.2, 0.25) is 5.95 Å². The molecule has 2 N–H and O–H groups in total. The number of aryl methyl sites for hydroxylation is 1. The Bertz CT molecular complexity index is 715. The summed E-state index contributed by atoms with van der Waals surface area (Å²) >= 11 is 0. The summed E-state index contributed by atoms with van der Waals surface area (Å²) in [5.41, 5.74) is 9.72. The molecule has 4 rings (SSSR count). The van der Waals surface area contributed by atoms with E-state index in [-0.39, 0.29) is 5.95 Å². The maximum atomic E-state index is 5.86. The second-order valence-electron chi connectivity index (χ2n) is 6.04. The minimum atomic E-state index is 0.213. The fraction of sp³-hybridized carbons (Fsp3) is 0.562. The number of nitrogens with two attached hydrogens (primary N) is 1. The molecule has 7 nitrogen and oxygen atoms in total. The highest BCUT2D eigenvalue weighted by Crippen LogP contribution is 2.35. The van der Waals surface area contributed by atoms with Gasteiger partial charge < -0.3 is 15.2 Å². The Hall–Kier alpha value is -1.99. The number of fused-ring (bicyclic) bond motifs is 2. The number of hydrogen-bond donors (Lipinski definition) is 1. The molecule has 0 atom stereocenters. The van der Waals surface area contributed by atoms with Gasteiger partial charge in [-0.2, -0.15) is 0 Å². The highest BCUT2D eigenvalue weighted by Gasteiger charge is 2.21. The first-order valence-electron chi connectivity index (χ1n) is 8.19. The molecule has 0 bridgehead atoms. The smallest absolute Gasteiger partial charge is 0.240 e. The van der Waals surface area contributed by atoms with E-state index in [1.165, 1.54) is 5.56 Å². The molecule has 2 aliphatic rings. The summed E-state index contributed by atoms with van der Waals surface area (Å²) in [6.45, 7) is 5.48. The zero-order chi connectivity index (χ0) is 15.6. The number of benzene rings is 1. The van der Waals surface area contributed by atoms with Gasteiger partial charge in [0.15, 0.2) is 0 Å². The summed E-state index contributed by atoms with van der Waals surface area (Å²) in [5.74, 6) is 1.20. The average Bonchev–Trinajstić information content (AvgIpc) is 3.04. The molecule has 3 heterocycles. The summed E-state index contributed by atoms with van der Waals surface area (Å²) < 4.78 is 11.3. The van der Waals surface area contributed by atoms with Gasteiger partial charge in [-0.05, 0) is 25.5 Å². The van der Waals surface area contributed by atoms with E-state index in [0.717, 1.165) is 81.1 Å². The van der Waals surface area contributed by atoms with Crippen LogP contribution in [0, 0.1) is 0 Å². The summed E-state index contributed by atoms with van der Waals surface area (Å²) in [6.07, 6.45) is 2.89. The summed E-state index contributed by atoms with van der Waals surface area (Å²) in [6, 6.07) is 2.03. The molecule has 122 valence electrons. The molecule has 0 saturated carbocycles. The van der Waals surface area contributed by atoms with Crippen molar-refractivity contribution >= 4 is 17.0 Å². The lowest BCUT2D eigenvalue weighted by Gasteiger charge is -2.26. The van der Waals surface area contributed by atoms with Gasteiger partial charge in [-0.15, -0.1) is 10.2 Å². The maximum absolute atomic E-state index is 5.86. The Morgan fingerprint density at radius 1 is 1.17 bits per heavy atom. The van der Waals surface area contributed by atoms with Crippen LogP contribution in [0.15, 0.2) is 6.07 Å². The number of rotatable bonds is 4. The standard InChI is InChI=1S/C16H21N5O2/c17-16-18-14-12(2-1-4-21-5-8-22-9-6-21)15-11(3-7-23-15)10-13(14)19-20-16/h10H,1-9H2,(H2,17,18,20). The zero-order valence-electron chi connectivity index (χ0n) is 13.1. The van der Waals surface area contributed by atoms with E-state index in [9.17, 15) is 0 Å². The van der Waals surface area contributed by atoms with Crippen molar-refractivity contribution in [1.29, 1.82) is 0 Å². The zero-order valence-corrected chi connectivity index (χ0v) is 13.1. The number of aromatic nitrogens is 3. The monoisotopic (exact) mass is 315 g/mol. The van der Waals surface area contributed by atoms with Crippen molar-refractivity contribution in [2.75, 3.05) is 45.2 Å². The number of hydrogen-bond acceptors (Lipinski definition) is 7. The lowest BCUT2D eigenvalue weighted by molar-refractivity contribution is 0.0374. The first-order valence-corrected chi connectivity index (χ1v) is 8.19. The van der Waals surface area contributed by atoms with Gasteiger partial charge in [-0.3, -0.25) is 4.90 Å². The largest absolute Gasteiger partial charge is 0.493 e. The van der Waals surface area contributed by atoms with E-state index in [1.807, 2.05) is 6.07 Å². The molecule has 7 heteroatoms. The Balaban J connectivity index is 1.58. The van der Waals surface area contributed by atoms with Crippen molar-refractivity contribution in [2.24, 2.45) is 0 Å². The Kier molecular flexibility index (Phi) is 3.97. The minimum absolute atomic E-state index is 0.213. The third kappa shape index (κ3) is 2.94. The van der Waals surface area contributed by atoms with Crippen molar-refractivity contribution in [3.8, 4) is 5.75 Å². The first kappa shape index (κ1) is 14.6.